The molecule has 2 aromatic heterocycles. The Morgan fingerprint density at radius 1 is 1.47 bits per heavy atom. The normalized spacial score (nSPS) is 10.0. The number of nitrogens with zero attached hydrogens (tertiary/aromatic N) is 4. The minimum Gasteiger partial charge on any atom is -0.308 e. The Kier molecular flexibility index (Phi) is 2.97. The predicted molar refractivity (Wildman–Crippen MR) is 61.0 cm³/mol. The number of nitrogen functional groups attached to an aromatic ring is 1. The number of nitrogens with one attached hydrogen (secondary N) is 2. The number of pyridine rings is 1. The minimum atomic E-state index is -0.306. The second kappa shape index (κ2) is 4.58. The Labute approximate surface area is 96.8 Å². The number of carbonyl (C=O) groups is 1. The van der Waals surface area contributed by atoms with E-state index in [2.05, 4.69) is 25.8 Å². The van der Waals surface area contributed by atoms with E-state index in [1.807, 2.05) is 0 Å². The third-order valence-corrected chi connectivity index (χ3v) is 2.11. The van der Waals surface area contributed by atoms with Gasteiger partial charge in [-0.15, -0.1) is 0 Å². The lowest BCUT2D eigenvalue weighted by Crippen LogP contribution is -2.16. The molecule has 0 bridgehead atoms. The average Bonchev–Trinajstić information content (AvgIpc) is 2.75. The molecule has 0 radical (unpaired) electrons. The summed E-state index contributed by atoms with van der Waals surface area (Å²) in [5, 5.41) is 6.46. The maximum absolute atomic E-state index is 11.8. The first-order chi connectivity index (χ1) is 8.20. The van der Waals surface area contributed by atoms with Crippen LogP contribution in [0.3, 0.4) is 0 Å². The molecule has 0 saturated heterocycles. The molecule has 8 heteroatoms. The summed E-state index contributed by atoms with van der Waals surface area (Å²) in [6.45, 7) is 0. The van der Waals surface area contributed by atoms with Gasteiger partial charge in [0.15, 0.2) is 0 Å². The van der Waals surface area contributed by atoms with Gasteiger partial charge in [0, 0.05) is 18.8 Å². The molecule has 0 spiro atoms. The summed E-state index contributed by atoms with van der Waals surface area (Å²) in [7, 11) is 1.68. The number of aryl methyl sites for hydroxylation is 1. The van der Waals surface area contributed by atoms with E-state index in [1.54, 1.807) is 13.1 Å². The van der Waals surface area contributed by atoms with E-state index in [1.165, 1.54) is 23.3 Å². The van der Waals surface area contributed by atoms with Crippen molar-refractivity contribution in [2.45, 2.75) is 0 Å². The Morgan fingerprint density at radius 3 is 2.94 bits per heavy atom. The van der Waals surface area contributed by atoms with Gasteiger partial charge in [-0.3, -0.25) is 10.1 Å². The maximum atomic E-state index is 11.8. The standard InChI is InChI=1S/C9H11N7O/c1-16-9(12-5-13-16)14-8(17)6-2-3-11-7(4-6)15-10/h2-5H,10H2,1H3,(H,11,15)(H,12,13,14,17). The highest BCUT2D eigenvalue weighted by Gasteiger charge is 2.09. The van der Waals surface area contributed by atoms with E-state index in [-0.39, 0.29) is 5.91 Å². The molecule has 2 heterocycles. The fourth-order valence-electron chi connectivity index (χ4n) is 1.23. The number of aromatic nitrogens is 4. The van der Waals surface area contributed by atoms with Crippen LogP contribution in [0, 0.1) is 0 Å². The van der Waals surface area contributed by atoms with E-state index in [9.17, 15) is 4.79 Å². The third-order valence-electron chi connectivity index (χ3n) is 2.11. The molecule has 0 saturated carbocycles. The van der Waals surface area contributed by atoms with E-state index >= 15 is 0 Å². The Balaban J connectivity index is 2.17. The van der Waals surface area contributed by atoms with E-state index in [0.717, 1.165) is 0 Å². The Hall–Kier alpha value is -2.48. The Bertz CT molecular complexity index is 536. The van der Waals surface area contributed by atoms with E-state index in [4.69, 9.17) is 5.84 Å². The molecule has 2 aromatic rings. The fourth-order valence-corrected chi connectivity index (χ4v) is 1.23. The highest BCUT2D eigenvalue weighted by molar-refractivity contribution is 6.03. The van der Waals surface area contributed by atoms with Gasteiger partial charge >= 0.3 is 0 Å². The number of anilines is 2. The molecule has 17 heavy (non-hydrogen) atoms. The monoisotopic (exact) mass is 233 g/mol. The molecule has 0 atom stereocenters. The summed E-state index contributed by atoms with van der Waals surface area (Å²) >= 11 is 0. The van der Waals surface area contributed by atoms with E-state index in [0.29, 0.717) is 17.3 Å². The fraction of sp³-hybridized carbons (Fsp3) is 0.111. The number of rotatable bonds is 3. The zero-order valence-corrected chi connectivity index (χ0v) is 9.08. The first kappa shape index (κ1) is 11.0. The minimum absolute atomic E-state index is 0.306. The zero-order chi connectivity index (χ0) is 12.3. The summed E-state index contributed by atoms with van der Waals surface area (Å²) < 4.78 is 1.46. The van der Waals surface area contributed by atoms with Crippen molar-refractivity contribution in [2.75, 3.05) is 10.7 Å². The maximum Gasteiger partial charge on any atom is 0.258 e. The quantitative estimate of drug-likeness (QED) is 0.498. The highest BCUT2D eigenvalue weighted by Crippen LogP contribution is 2.08. The predicted octanol–water partition coefficient (Wildman–Crippen LogP) is -0.252. The first-order valence-corrected chi connectivity index (χ1v) is 4.78. The summed E-state index contributed by atoms with van der Waals surface area (Å²) in [5.74, 6) is 5.68. The molecule has 88 valence electrons. The van der Waals surface area contributed by atoms with Crippen LogP contribution in [0.1, 0.15) is 10.4 Å². The van der Waals surface area contributed by atoms with Crippen LogP contribution in [-0.4, -0.2) is 25.7 Å². The first-order valence-electron chi connectivity index (χ1n) is 4.78. The molecular weight excluding hydrogens is 222 g/mol. The topological polar surface area (TPSA) is 111 Å². The molecule has 0 aliphatic heterocycles. The number of hydrogen-bond donors (Lipinski definition) is 3. The van der Waals surface area contributed by atoms with Crippen molar-refractivity contribution in [3.05, 3.63) is 30.2 Å². The van der Waals surface area contributed by atoms with Crippen molar-refractivity contribution >= 4 is 17.7 Å². The molecule has 8 nitrogen and oxygen atoms in total. The third kappa shape index (κ3) is 2.37. The van der Waals surface area contributed by atoms with Crippen LogP contribution in [-0.2, 0) is 7.05 Å². The SMILES string of the molecule is Cn1ncnc1NC(=O)c1ccnc(NN)c1. The van der Waals surface area contributed by atoms with Gasteiger partial charge < -0.3 is 5.43 Å². The second-order valence-electron chi connectivity index (χ2n) is 3.24. The lowest BCUT2D eigenvalue weighted by molar-refractivity contribution is 0.102. The number of hydrazine groups is 1. The van der Waals surface area contributed by atoms with Gasteiger partial charge in [-0.2, -0.15) is 10.1 Å². The molecule has 1 amide bonds. The van der Waals surface area contributed by atoms with Crippen molar-refractivity contribution in [2.24, 2.45) is 12.9 Å². The molecule has 0 fully saturated rings. The van der Waals surface area contributed by atoms with Gasteiger partial charge in [-0.25, -0.2) is 15.5 Å². The van der Waals surface area contributed by atoms with Crippen molar-refractivity contribution in [1.29, 1.82) is 0 Å². The molecule has 0 aromatic carbocycles. The second-order valence-corrected chi connectivity index (χ2v) is 3.24. The van der Waals surface area contributed by atoms with Crippen LogP contribution in [0.4, 0.5) is 11.8 Å². The van der Waals surface area contributed by atoms with Gasteiger partial charge in [0.1, 0.15) is 12.1 Å². The van der Waals surface area contributed by atoms with Crippen LogP contribution < -0.4 is 16.6 Å². The largest absolute Gasteiger partial charge is 0.308 e. The van der Waals surface area contributed by atoms with Gasteiger partial charge in [0.2, 0.25) is 5.95 Å². The smallest absolute Gasteiger partial charge is 0.258 e. The van der Waals surface area contributed by atoms with Crippen LogP contribution in [0.15, 0.2) is 24.7 Å². The van der Waals surface area contributed by atoms with E-state index < -0.39 is 0 Å². The number of carbonyl (C=O) groups excluding carboxylic acids is 1. The lowest BCUT2D eigenvalue weighted by Gasteiger charge is -2.05. The van der Waals surface area contributed by atoms with Crippen LogP contribution in [0.25, 0.3) is 0 Å². The molecule has 0 aliphatic rings. The summed E-state index contributed by atoms with van der Waals surface area (Å²) in [5.41, 5.74) is 2.79. The van der Waals surface area contributed by atoms with Gasteiger partial charge in [-0.1, -0.05) is 0 Å². The molecule has 2 rings (SSSR count). The number of nitrogens with two attached hydrogens (primary N) is 1. The van der Waals surface area contributed by atoms with Crippen molar-refractivity contribution in [1.82, 2.24) is 19.7 Å². The van der Waals surface area contributed by atoms with Crippen molar-refractivity contribution in [3.8, 4) is 0 Å². The van der Waals surface area contributed by atoms with Crippen molar-refractivity contribution < 1.29 is 4.79 Å². The van der Waals surface area contributed by atoms with Crippen LogP contribution >= 0.6 is 0 Å². The van der Waals surface area contributed by atoms with Crippen LogP contribution in [0.5, 0.6) is 0 Å². The summed E-state index contributed by atoms with van der Waals surface area (Å²) in [6, 6.07) is 3.11. The lowest BCUT2D eigenvalue weighted by atomic mass is 10.2. The molecule has 4 N–H and O–H groups in total. The Morgan fingerprint density at radius 2 is 2.29 bits per heavy atom. The molecular formula is C9H11N7O. The van der Waals surface area contributed by atoms with Gasteiger partial charge in [0.05, 0.1) is 0 Å². The van der Waals surface area contributed by atoms with Gasteiger partial charge in [0.25, 0.3) is 5.91 Å². The number of hydrogen-bond acceptors (Lipinski definition) is 6. The summed E-state index contributed by atoms with van der Waals surface area (Å²) in [4.78, 5) is 19.6. The average molecular weight is 233 g/mol. The summed E-state index contributed by atoms with van der Waals surface area (Å²) in [6.07, 6.45) is 2.84. The number of amides is 1. The van der Waals surface area contributed by atoms with Crippen molar-refractivity contribution in [3.63, 3.8) is 0 Å². The molecule has 0 unspecified atom stereocenters. The highest BCUT2D eigenvalue weighted by atomic mass is 16.1. The van der Waals surface area contributed by atoms with Crippen LogP contribution in [0.2, 0.25) is 0 Å². The molecule has 0 aliphatic carbocycles. The van der Waals surface area contributed by atoms with Gasteiger partial charge in [-0.05, 0) is 12.1 Å². The zero-order valence-electron chi connectivity index (χ0n) is 9.08.